The summed E-state index contributed by atoms with van der Waals surface area (Å²) in [7, 11) is 1.82. The highest BCUT2D eigenvalue weighted by Gasteiger charge is 2.18. The van der Waals surface area contributed by atoms with Crippen molar-refractivity contribution in [3.8, 4) is 0 Å². The first kappa shape index (κ1) is 15.1. The number of halogens is 2. The summed E-state index contributed by atoms with van der Waals surface area (Å²) in [5, 5.41) is 7.35. The highest BCUT2D eigenvalue weighted by atomic mass is 79.9. The molecule has 0 amide bonds. The molecule has 1 unspecified atom stereocenters. The van der Waals surface area contributed by atoms with E-state index in [-0.39, 0.29) is 11.9 Å². The fraction of sp³-hybridized carbons (Fsp3) is 0.429. The van der Waals surface area contributed by atoms with Crippen LogP contribution in [0, 0.1) is 5.82 Å². The Kier molecular flexibility index (Phi) is 5.25. The van der Waals surface area contributed by atoms with Gasteiger partial charge in [-0.3, -0.25) is 4.68 Å². The monoisotopic (exact) mass is 340 g/mol. The van der Waals surface area contributed by atoms with Gasteiger partial charge in [-0.05, 0) is 31.7 Å². The molecule has 0 fully saturated rings. The molecule has 0 aliphatic rings. The van der Waals surface area contributed by atoms with Crippen LogP contribution in [0.2, 0.25) is 0 Å². The van der Waals surface area contributed by atoms with E-state index in [1.807, 2.05) is 11.7 Å². The lowest BCUT2D eigenvalue weighted by atomic mass is 10.0. The summed E-state index contributed by atoms with van der Waals surface area (Å²) < 4.78 is 16.7. The van der Waals surface area contributed by atoms with Crippen LogP contribution in [0.25, 0.3) is 0 Å². The molecule has 0 spiro atoms. The van der Waals surface area contributed by atoms with Crippen LogP contribution in [0.5, 0.6) is 0 Å². The minimum Gasteiger partial charge on any atom is -0.313 e. The summed E-state index contributed by atoms with van der Waals surface area (Å²) in [6, 6.07) is 4.84. The maximum atomic E-state index is 14.0. The third-order valence-corrected chi connectivity index (χ3v) is 3.69. The molecule has 0 radical (unpaired) electrons. The van der Waals surface area contributed by atoms with Crippen molar-refractivity contribution in [3.63, 3.8) is 0 Å². The van der Waals surface area contributed by atoms with Gasteiger partial charge >= 0.3 is 0 Å². The molecular formula is C14H18BrFN4. The maximum absolute atomic E-state index is 14.0. The molecule has 108 valence electrons. The van der Waals surface area contributed by atoms with Crippen molar-refractivity contribution in [1.82, 2.24) is 20.1 Å². The molecule has 20 heavy (non-hydrogen) atoms. The van der Waals surface area contributed by atoms with Gasteiger partial charge in [-0.1, -0.05) is 22.9 Å². The van der Waals surface area contributed by atoms with E-state index in [1.54, 1.807) is 18.5 Å². The van der Waals surface area contributed by atoms with Gasteiger partial charge in [-0.25, -0.2) is 9.37 Å². The molecule has 6 heteroatoms. The number of aromatic nitrogens is 3. The molecule has 1 aromatic carbocycles. The molecule has 1 heterocycles. The molecule has 2 rings (SSSR count). The van der Waals surface area contributed by atoms with Crippen molar-refractivity contribution in [1.29, 1.82) is 0 Å². The lowest BCUT2D eigenvalue weighted by Gasteiger charge is -2.17. The summed E-state index contributed by atoms with van der Waals surface area (Å²) in [6.45, 7) is 2.92. The summed E-state index contributed by atoms with van der Waals surface area (Å²) >= 11 is 3.38. The van der Waals surface area contributed by atoms with Gasteiger partial charge in [0.05, 0.1) is 0 Å². The second-order valence-corrected chi connectivity index (χ2v) is 5.53. The minimum absolute atomic E-state index is 0.132. The van der Waals surface area contributed by atoms with Crippen molar-refractivity contribution >= 4 is 15.9 Å². The Balaban J connectivity index is 2.24. The zero-order valence-corrected chi connectivity index (χ0v) is 13.2. The number of hydrogen-bond acceptors (Lipinski definition) is 3. The molecule has 0 aliphatic heterocycles. The van der Waals surface area contributed by atoms with Gasteiger partial charge in [0.2, 0.25) is 0 Å². The van der Waals surface area contributed by atoms with Gasteiger partial charge < -0.3 is 5.32 Å². The smallest absolute Gasteiger partial charge is 0.138 e. The Labute approximate surface area is 126 Å². The van der Waals surface area contributed by atoms with Gasteiger partial charge in [0, 0.05) is 29.0 Å². The fourth-order valence-corrected chi connectivity index (χ4v) is 2.56. The summed E-state index contributed by atoms with van der Waals surface area (Å²) in [5.74, 6) is 0.652. The Morgan fingerprint density at radius 1 is 1.45 bits per heavy atom. The van der Waals surface area contributed by atoms with Crippen LogP contribution in [0.15, 0.2) is 29.0 Å². The van der Waals surface area contributed by atoms with Gasteiger partial charge in [0.25, 0.3) is 0 Å². The summed E-state index contributed by atoms with van der Waals surface area (Å²) in [5.41, 5.74) is 0.632. The largest absolute Gasteiger partial charge is 0.313 e. The Morgan fingerprint density at radius 2 is 2.25 bits per heavy atom. The quantitative estimate of drug-likeness (QED) is 0.878. The zero-order chi connectivity index (χ0) is 14.5. The maximum Gasteiger partial charge on any atom is 0.138 e. The fourth-order valence-electron chi connectivity index (χ4n) is 2.18. The van der Waals surface area contributed by atoms with E-state index in [4.69, 9.17) is 0 Å². The average molecular weight is 341 g/mol. The van der Waals surface area contributed by atoms with Crippen molar-refractivity contribution in [2.24, 2.45) is 0 Å². The van der Waals surface area contributed by atoms with Crippen molar-refractivity contribution in [2.75, 3.05) is 7.05 Å². The molecule has 1 atom stereocenters. The first-order chi connectivity index (χ1) is 9.65. The van der Waals surface area contributed by atoms with E-state index >= 15 is 0 Å². The molecule has 1 N–H and O–H groups in total. The summed E-state index contributed by atoms with van der Waals surface area (Å²) in [6.07, 6.45) is 3.14. The minimum atomic E-state index is -0.214. The highest BCUT2D eigenvalue weighted by molar-refractivity contribution is 9.10. The molecule has 0 bridgehead atoms. The van der Waals surface area contributed by atoms with Crippen LogP contribution in [0.1, 0.15) is 30.8 Å². The molecule has 1 aromatic heterocycles. The number of benzene rings is 1. The van der Waals surface area contributed by atoms with E-state index in [9.17, 15) is 4.39 Å². The van der Waals surface area contributed by atoms with Crippen molar-refractivity contribution < 1.29 is 4.39 Å². The molecule has 0 saturated carbocycles. The van der Waals surface area contributed by atoms with Gasteiger partial charge in [-0.15, -0.1) is 0 Å². The second kappa shape index (κ2) is 6.95. The molecule has 2 aromatic rings. The van der Waals surface area contributed by atoms with Crippen molar-refractivity contribution in [3.05, 3.63) is 46.2 Å². The van der Waals surface area contributed by atoms with Crippen LogP contribution < -0.4 is 5.32 Å². The Morgan fingerprint density at radius 3 is 2.95 bits per heavy atom. The van der Waals surface area contributed by atoms with Gasteiger partial charge in [0.1, 0.15) is 18.0 Å². The highest BCUT2D eigenvalue weighted by Crippen LogP contribution is 2.24. The molecular weight excluding hydrogens is 323 g/mol. The zero-order valence-electron chi connectivity index (χ0n) is 11.6. The lowest BCUT2D eigenvalue weighted by molar-refractivity contribution is 0.496. The van der Waals surface area contributed by atoms with Crippen LogP contribution in [-0.4, -0.2) is 21.8 Å². The van der Waals surface area contributed by atoms with Crippen LogP contribution >= 0.6 is 15.9 Å². The average Bonchev–Trinajstić information content (AvgIpc) is 2.87. The number of nitrogens with zero attached hydrogens (tertiary/aromatic N) is 3. The lowest BCUT2D eigenvalue weighted by Crippen LogP contribution is -2.22. The SMILES string of the molecule is CCCn1ncnc1CC(NC)c1cc(Br)ccc1F. The van der Waals surface area contributed by atoms with E-state index in [0.717, 1.165) is 23.3 Å². The number of likely N-dealkylation sites (N-methyl/N-ethyl adjacent to an activating group) is 1. The Bertz CT molecular complexity index is 570. The third-order valence-electron chi connectivity index (χ3n) is 3.20. The number of hydrogen-bond donors (Lipinski definition) is 1. The third kappa shape index (κ3) is 3.43. The molecule has 0 saturated heterocycles. The normalized spacial score (nSPS) is 12.6. The standard InChI is InChI=1S/C14H18BrFN4/c1-3-6-20-14(18-9-19-20)8-13(17-2)11-7-10(15)4-5-12(11)16/h4-5,7,9,13,17H,3,6,8H2,1-2H3. The van der Waals surface area contributed by atoms with Crippen LogP contribution in [-0.2, 0) is 13.0 Å². The van der Waals surface area contributed by atoms with E-state index < -0.39 is 0 Å². The number of nitrogens with one attached hydrogen (secondary N) is 1. The topological polar surface area (TPSA) is 42.7 Å². The first-order valence-electron chi connectivity index (χ1n) is 6.64. The predicted octanol–water partition coefficient (Wildman–Crippen LogP) is 3.09. The van der Waals surface area contributed by atoms with Crippen molar-refractivity contribution in [2.45, 2.75) is 32.4 Å². The number of rotatable bonds is 6. The Hall–Kier alpha value is -1.27. The predicted molar refractivity (Wildman–Crippen MR) is 79.9 cm³/mol. The number of aryl methyl sites for hydroxylation is 1. The second-order valence-electron chi connectivity index (χ2n) is 4.61. The van der Waals surface area contributed by atoms with Crippen LogP contribution in [0.4, 0.5) is 4.39 Å². The van der Waals surface area contributed by atoms with E-state index in [1.165, 1.54) is 6.07 Å². The summed E-state index contributed by atoms with van der Waals surface area (Å²) in [4.78, 5) is 4.28. The van der Waals surface area contributed by atoms with E-state index in [2.05, 4.69) is 38.3 Å². The molecule has 4 nitrogen and oxygen atoms in total. The van der Waals surface area contributed by atoms with Gasteiger partial charge in [0.15, 0.2) is 0 Å². The van der Waals surface area contributed by atoms with E-state index in [0.29, 0.717) is 12.0 Å². The van der Waals surface area contributed by atoms with Crippen LogP contribution in [0.3, 0.4) is 0 Å². The molecule has 0 aliphatic carbocycles. The first-order valence-corrected chi connectivity index (χ1v) is 7.44. The van der Waals surface area contributed by atoms with Gasteiger partial charge in [-0.2, -0.15) is 5.10 Å².